The summed E-state index contributed by atoms with van der Waals surface area (Å²) in [5.74, 6) is 0.823. The summed E-state index contributed by atoms with van der Waals surface area (Å²) >= 11 is 8.69. The number of pyridine rings is 1. The number of thiocarbonyl (C=S) groups is 1. The van der Waals surface area contributed by atoms with Gasteiger partial charge in [0.15, 0.2) is 5.11 Å². The van der Waals surface area contributed by atoms with Crippen LogP contribution in [0, 0.1) is 6.92 Å². The number of nitrogens with zero attached hydrogens (tertiary/aromatic N) is 1. The first-order valence-corrected chi connectivity index (χ1v) is 7.05. The number of nitrogens with one attached hydrogen (secondary N) is 2. The van der Waals surface area contributed by atoms with Gasteiger partial charge in [-0.05, 0) is 59.5 Å². The van der Waals surface area contributed by atoms with Gasteiger partial charge in [-0.25, -0.2) is 4.98 Å². The van der Waals surface area contributed by atoms with Crippen LogP contribution in [0.3, 0.4) is 0 Å². The molecule has 1 heterocycles. The summed E-state index contributed by atoms with van der Waals surface area (Å²) in [7, 11) is 0. The molecule has 17 heavy (non-hydrogen) atoms. The third-order valence-corrected chi connectivity index (χ3v) is 3.62. The van der Waals surface area contributed by atoms with Gasteiger partial charge in [-0.3, -0.25) is 0 Å². The molecular formula is C12H16BrN3S. The maximum Gasteiger partial charge on any atom is 0.172 e. The van der Waals surface area contributed by atoms with Crippen LogP contribution in [0.15, 0.2) is 16.7 Å². The molecule has 0 aliphatic heterocycles. The lowest BCUT2D eigenvalue weighted by atomic mass is 10.2. The minimum atomic E-state index is 0.533. The Hall–Kier alpha value is -0.680. The Labute approximate surface area is 116 Å². The molecule has 1 aliphatic rings. The highest BCUT2D eigenvalue weighted by Crippen LogP contribution is 2.19. The van der Waals surface area contributed by atoms with Crippen LogP contribution in [-0.2, 0) is 0 Å². The van der Waals surface area contributed by atoms with Crippen molar-refractivity contribution < 1.29 is 0 Å². The van der Waals surface area contributed by atoms with Crippen molar-refractivity contribution in [3.8, 4) is 0 Å². The van der Waals surface area contributed by atoms with Crippen molar-refractivity contribution in [2.75, 3.05) is 5.32 Å². The highest BCUT2D eigenvalue weighted by atomic mass is 79.9. The fourth-order valence-corrected chi connectivity index (χ4v) is 2.78. The van der Waals surface area contributed by atoms with Crippen LogP contribution in [0.25, 0.3) is 0 Å². The number of rotatable bonds is 2. The summed E-state index contributed by atoms with van der Waals surface area (Å²) < 4.78 is 0.982. The summed E-state index contributed by atoms with van der Waals surface area (Å²) in [4.78, 5) is 4.31. The van der Waals surface area contributed by atoms with Crippen molar-refractivity contribution in [1.29, 1.82) is 0 Å². The van der Waals surface area contributed by atoms with Gasteiger partial charge < -0.3 is 10.6 Å². The number of aromatic nitrogens is 1. The molecule has 0 bridgehead atoms. The molecule has 0 aromatic carbocycles. The van der Waals surface area contributed by atoms with E-state index in [9.17, 15) is 0 Å². The monoisotopic (exact) mass is 313 g/mol. The molecule has 1 aromatic rings. The Morgan fingerprint density at radius 2 is 2.18 bits per heavy atom. The molecule has 0 radical (unpaired) electrons. The summed E-state index contributed by atoms with van der Waals surface area (Å²) in [6.45, 7) is 2.01. The molecule has 3 nitrogen and oxygen atoms in total. The molecule has 2 rings (SSSR count). The first-order valence-electron chi connectivity index (χ1n) is 5.85. The Bertz CT molecular complexity index is 416. The molecule has 1 fully saturated rings. The van der Waals surface area contributed by atoms with E-state index in [1.165, 1.54) is 25.7 Å². The van der Waals surface area contributed by atoms with Gasteiger partial charge in [0.25, 0.3) is 0 Å². The maximum atomic E-state index is 5.29. The Morgan fingerprint density at radius 3 is 2.82 bits per heavy atom. The molecule has 1 saturated carbocycles. The summed E-state index contributed by atoms with van der Waals surface area (Å²) in [6, 6.07) is 2.55. The van der Waals surface area contributed by atoms with E-state index in [1.54, 1.807) is 6.20 Å². The number of hydrogen-bond acceptors (Lipinski definition) is 2. The predicted octanol–water partition coefficient (Wildman–Crippen LogP) is 3.38. The van der Waals surface area contributed by atoms with Crippen LogP contribution in [0.4, 0.5) is 5.82 Å². The molecule has 5 heteroatoms. The second-order valence-corrected chi connectivity index (χ2v) is 5.72. The van der Waals surface area contributed by atoms with E-state index in [4.69, 9.17) is 12.2 Å². The lowest BCUT2D eigenvalue weighted by Gasteiger charge is -2.16. The zero-order chi connectivity index (χ0) is 12.3. The van der Waals surface area contributed by atoms with E-state index in [0.29, 0.717) is 11.2 Å². The van der Waals surface area contributed by atoms with Gasteiger partial charge >= 0.3 is 0 Å². The van der Waals surface area contributed by atoms with Crippen molar-refractivity contribution in [1.82, 2.24) is 10.3 Å². The minimum Gasteiger partial charge on any atom is -0.360 e. The summed E-state index contributed by atoms with van der Waals surface area (Å²) in [6.07, 6.45) is 6.81. The molecule has 0 atom stereocenters. The van der Waals surface area contributed by atoms with E-state index in [-0.39, 0.29) is 0 Å². The Morgan fingerprint density at radius 1 is 1.47 bits per heavy atom. The van der Waals surface area contributed by atoms with Gasteiger partial charge in [-0.1, -0.05) is 12.8 Å². The van der Waals surface area contributed by atoms with Gasteiger partial charge in [-0.2, -0.15) is 0 Å². The van der Waals surface area contributed by atoms with Crippen molar-refractivity contribution in [3.63, 3.8) is 0 Å². The number of halogens is 1. The molecule has 2 N–H and O–H groups in total. The summed E-state index contributed by atoms with van der Waals surface area (Å²) in [5.41, 5.74) is 1.08. The average molecular weight is 314 g/mol. The van der Waals surface area contributed by atoms with Crippen LogP contribution in [0.1, 0.15) is 31.2 Å². The molecule has 1 aromatic heterocycles. The third kappa shape index (κ3) is 3.64. The van der Waals surface area contributed by atoms with E-state index in [0.717, 1.165) is 15.9 Å². The lowest BCUT2D eigenvalue weighted by molar-refractivity contribution is 0.634. The van der Waals surface area contributed by atoms with Crippen LogP contribution in [0.2, 0.25) is 0 Å². The zero-order valence-corrected chi connectivity index (χ0v) is 12.2. The SMILES string of the molecule is Cc1cc(Br)cnc1NC(=S)NC1CCCC1. The van der Waals surface area contributed by atoms with E-state index >= 15 is 0 Å². The second-order valence-electron chi connectivity index (χ2n) is 4.40. The fraction of sp³-hybridized carbons (Fsp3) is 0.500. The van der Waals surface area contributed by atoms with Gasteiger partial charge in [0.1, 0.15) is 5.82 Å². The third-order valence-electron chi connectivity index (χ3n) is 2.97. The van der Waals surface area contributed by atoms with E-state index < -0.39 is 0 Å². The molecule has 0 amide bonds. The summed E-state index contributed by atoms with van der Waals surface area (Å²) in [5, 5.41) is 7.17. The second kappa shape index (κ2) is 5.78. The lowest BCUT2D eigenvalue weighted by Crippen LogP contribution is -2.36. The Kier molecular flexibility index (Phi) is 4.34. The van der Waals surface area contributed by atoms with Crippen LogP contribution in [0.5, 0.6) is 0 Å². The fourth-order valence-electron chi connectivity index (χ4n) is 2.07. The minimum absolute atomic E-state index is 0.533. The topological polar surface area (TPSA) is 37.0 Å². The average Bonchev–Trinajstić information content (AvgIpc) is 2.75. The van der Waals surface area contributed by atoms with Crippen molar-refractivity contribution in [3.05, 3.63) is 22.3 Å². The van der Waals surface area contributed by atoms with Crippen molar-refractivity contribution in [2.24, 2.45) is 0 Å². The highest BCUT2D eigenvalue weighted by molar-refractivity contribution is 9.10. The molecule has 0 unspecified atom stereocenters. The van der Waals surface area contributed by atoms with Gasteiger partial charge in [0.2, 0.25) is 0 Å². The van der Waals surface area contributed by atoms with E-state index in [1.807, 2.05) is 13.0 Å². The molecule has 0 spiro atoms. The highest BCUT2D eigenvalue weighted by Gasteiger charge is 2.15. The van der Waals surface area contributed by atoms with E-state index in [2.05, 4.69) is 31.5 Å². The predicted molar refractivity (Wildman–Crippen MR) is 78.3 cm³/mol. The maximum absolute atomic E-state index is 5.29. The largest absolute Gasteiger partial charge is 0.360 e. The van der Waals surface area contributed by atoms with Crippen molar-refractivity contribution >= 4 is 39.1 Å². The number of anilines is 1. The first kappa shape index (κ1) is 12.8. The standard InChI is InChI=1S/C12H16BrN3S/c1-8-6-9(13)7-14-11(8)16-12(17)15-10-4-2-3-5-10/h6-7,10H,2-5H2,1H3,(H2,14,15,16,17). The Balaban J connectivity index is 1.93. The smallest absolute Gasteiger partial charge is 0.172 e. The number of hydrogen-bond donors (Lipinski definition) is 2. The number of aryl methyl sites for hydroxylation is 1. The van der Waals surface area contributed by atoms with Crippen molar-refractivity contribution in [2.45, 2.75) is 38.6 Å². The van der Waals surface area contributed by atoms with Gasteiger partial charge in [-0.15, -0.1) is 0 Å². The van der Waals surface area contributed by atoms with Gasteiger partial charge in [0, 0.05) is 16.7 Å². The van der Waals surface area contributed by atoms with Gasteiger partial charge in [0.05, 0.1) is 0 Å². The molecule has 92 valence electrons. The van der Waals surface area contributed by atoms with Crippen LogP contribution < -0.4 is 10.6 Å². The first-order chi connectivity index (χ1) is 8.15. The normalized spacial score (nSPS) is 15.9. The quantitative estimate of drug-likeness (QED) is 0.821. The van der Waals surface area contributed by atoms with Crippen LogP contribution in [-0.4, -0.2) is 16.1 Å². The molecular weight excluding hydrogens is 298 g/mol. The van der Waals surface area contributed by atoms with Crippen LogP contribution >= 0.6 is 28.1 Å². The zero-order valence-electron chi connectivity index (χ0n) is 9.79. The molecule has 0 saturated heterocycles. The molecule has 1 aliphatic carbocycles.